The van der Waals surface area contributed by atoms with E-state index in [9.17, 15) is 15.0 Å². The molecule has 0 spiro atoms. The topological polar surface area (TPSA) is 100 Å². The number of carbonyl (C=O) groups excluding carboxylic acids is 1. The molecule has 30 heavy (non-hydrogen) atoms. The van der Waals surface area contributed by atoms with Gasteiger partial charge in [-0.25, -0.2) is 0 Å². The summed E-state index contributed by atoms with van der Waals surface area (Å²) in [6, 6.07) is 5.08. The first-order valence-electron chi connectivity index (χ1n) is 10.7. The number of nitrogens with zero attached hydrogens (tertiary/aromatic N) is 1. The van der Waals surface area contributed by atoms with Crippen molar-refractivity contribution in [3.8, 4) is 5.75 Å². The maximum absolute atomic E-state index is 12.8. The fourth-order valence-electron chi connectivity index (χ4n) is 6.04. The average molecular weight is 433 g/mol. The Labute approximate surface area is 179 Å². The summed E-state index contributed by atoms with van der Waals surface area (Å²) in [6.07, 6.45) is 3.78. The third-order valence-corrected chi connectivity index (χ3v) is 7.96. The van der Waals surface area contributed by atoms with Crippen LogP contribution in [0.15, 0.2) is 23.4 Å². The van der Waals surface area contributed by atoms with Crippen molar-refractivity contribution in [1.82, 2.24) is 5.32 Å². The van der Waals surface area contributed by atoms with E-state index in [1.54, 1.807) is 18.2 Å². The van der Waals surface area contributed by atoms with E-state index in [-0.39, 0.29) is 35.5 Å². The van der Waals surface area contributed by atoms with Gasteiger partial charge in [0.05, 0.1) is 17.9 Å². The number of hydrogen-bond donors (Lipinski definition) is 3. The summed E-state index contributed by atoms with van der Waals surface area (Å²) in [5, 5.41) is 28.0. The first-order chi connectivity index (χ1) is 14.3. The Morgan fingerprint density at radius 1 is 1.20 bits per heavy atom. The molecule has 1 aromatic rings. The fraction of sp³-hybridized carbons (Fsp3) is 0.636. The van der Waals surface area contributed by atoms with Crippen molar-refractivity contribution in [2.24, 2.45) is 16.5 Å². The highest BCUT2D eigenvalue weighted by atomic mass is 35.5. The molecular formula is C22H25ClN2O5. The standard InChI is InChI=1S/C22H25ClN2O5/c23-12-1-2-16-14(5-12)15(27)6-18(29-16)20(28)24-22-8-21(9-22,10-22)19-7-17(30-25-19)11-3-13(26)4-11/h1-2,5,11,13,15,17-18,26-27H,3-4,6-10H2,(H,24,28)/t11?,13?,15-,17?,18-,21?,22?/m1/s1. The van der Waals surface area contributed by atoms with Gasteiger partial charge in [-0.1, -0.05) is 16.8 Å². The van der Waals surface area contributed by atoms with Gasteiger partial charge in [-0.05, 0) is 50.3 Å². The molecule has 2 heterocycles. The number of benzene rings is 1. The van der Waals surface area contributed by atoms with Crippen LogP contribution < -0.4 is 10.1 Å². The molecule has 2 aliphatic heterocycles. The quantitative estimate of drug-likeness (QED) is 0.678. The largest absolute Gasteiger partial charge is 0.480 e. The number of aliphatic hydroxyl groups is 2. The number of fused-ring (bicyclic) bond motifs is 1. The van der Waals surface area contributed by atoms with Crippen LogP contribution in [0.2, 0.25) is 5.02 Å². The zero-order valence-corrected chi connectivity index (χ0v) is 17.3. The molecule has 1 unspecified atom stereocenters. The molecule has 4 saturated carbocycles. The SMILES string of the molecule is O=C(NC12CC(C3=NOC(C4CC(O)C4)C3)(C1)C2)[C@H]1C[C@@H](O)c2cc(Cl)ccc2O1. The molecule has 0 radical (unpaired) electrons. The minimum Gasteiger partial charge on any atom is -0.480 e. The molecule has 2 bridgehead atoms. The summed E-state index contributed by atoms with van der Waals surface area (Å²) in [5.41, 5.74) is 1.64. The molecule has 8 heteroatoms. The Bertz CT molecular complexity index is 924. The maximum Gasteiger partial charge on any atom is 0.261 e. The van der Waals surface area contributed by atoms with E-state index in [0.717, 1.165) is 44.2 Å². The van der Waals surface area contributed by atoms with Gasteiger partial charge in [-0.2, -0.15) is 0 Å². The normalized spacial score (nSPS) is 43.0. The highest BCUT2D eigenvalue weighted by Gasteiger charge is 2.71. The Morgan fingerprint density at radius 2 is 1.97 bits per heavy atom. The van der Waals surface area contributed by atoms with Gasteiger partial charge < -0.3 is 25.1 Å². The van der Waals surface area contributed by atoms with Gasteiger partial charge in [-0.15, -0.1) is 0 Å². The van der Waals surface area contributed by atoms with E-state index in [2.05, 4.69) is 10.5 Å². The number of ether oxygens (including phenoxy) is 1. The minimum atomic E-state index is -0.769. The van der Waals surface area contributed by atoms with E-state index < -0.39 is 12.2 Å². The maximum atomic E-state index is 12.8. The molecule has 1 amide bonds. The third-order valence-electron chi connectivity index (χ3n) is 7.73. The van der Waals surface area contributed by atoms with Crippen LogP contribution in [-0.2, 0) is 9.63 Å². The van der Waals surface area contributed by atoms with E-state index in [4.69, 9.17) is 21.2 Å². The predicted molar refractivity (Wildman–Crippen MR) is 108 cm³/mol. The van der Waals surface area contributed by atoms with E-state index in [1.165, 1.54) is 0 Å². The van der Waals surface area contributed by atoms with Gasteiger partial charge in [0, 0.05) is 40.3 Å². The van der Waals surface area contributed by atoms with Crippen LogP contribution in [-0.4, -0.2) is 45.7 Å². The lowest BCUT2D eigenvalue weighted by Gasteiger charge is -2.70. The summed E-state index contributed by atoms with van der Waals surface area (Å²) in [4.78, 5) is 18.5. The number of halogens is 1. The van der Waals surface area contributed by atoms with Gasteiger partial charge in [0.25, 0.3) is 5.91 Å². The Balaban J connectivity index is 1.04. The van der Waals surface area contributed by atoms with Crippen LogP contribution in [0.25, 0.3) is 0 Å². The van der Waals surface area contributed by atoms with Crippen LogP contribution >= 0.6 is 11.6 Å². The predicted octanol–water partition coefficient (Wildman–Crippen LogP) is 2.48. The summed E-state index contributed by atoms with van der Waals surface area (Å²) in [5.74, 6) is 0.751. The highest BCUT2D eigenvalue weighted by molar-refractivity contribution is 6.30. The van der Waals surface area contributed by atoms with E-state index in [0.29, 0.717) is 22.3 Å². The van der Waals surface area contributed by atoms with Crippen LogP contribution in [0.3, 0.4) is 0 Å². The zero-order chi connectivity index (χ0) is 20.7. The van der Waals surface area contributed by atoms with Crippen LogP contribution in [0, 0.1) is 11.3 Å². The number of aliphatic hydroxyl groups excluding tert-OH is 2. The number of carbonyl (C=O) groups is 1. The average Bonchev–Trinajstić information content (AvgIpc) is 3.10. The fourth-order valence-corrected chi connectivity index (χ4v) is 6.22. The van der Waals surface area contributed by atoms with Crippen LogP contribution in [0.5, 0.6) is 5.75 Å². The second kappa shape index (κ2) is 6.34. The molecule has 6 aliphatic rings. The van der Waals surface area contributed by atoms with Gasteiger partial charge in [0.1, 0.15) is 11.9 Å². The van der Waals surface area contributed by atoms with Crippen molar-refractivity contribution >= 4 is 23.2 Å². The lowest BCUT2D eigenvalue weighted by Crippen LogP contribution is -2.77. The van der Waals surface area contributed by atoms with Gasteiger partial charge in [0.15, 0.2) is 6.10 Å². The first kappa shape index (κ1) is 18.9. The first-order valence-corrected chi connectivity index (χ1v) is 11.1. The third kappa shape index (κ3) is 2.78. The summed E-state index contributed by atoms with van der Waals surface area (Å²) >= 11 is 6.00. The van der Waals surface area contributed by atoms with Crippen molar-refractivity contribution in [3.63, 3.8) is 0 Å². The lowest BCUT2D eigenvalue weighted by atomic mass is 9.37. The Morgan fingerprint density at radius 3 is 2.70 bits per heavy atom. The molecule has 1 aromatic carbocycles. The molecule has 3 N–H and O–H groups in total. The van der Waals surface area contributed by atoms with Crippen molar-refractivity contribution in [2.75, 3.05) is 0 Å². The number of oxime groups is 1. The lowest BCUT2D eigenvalue weighted by molar-refractivity contribution is -0.149. The molecule has 7 rings (SSSR count). The van der Waals surface area contributed by atoms with Crippen molar-refractivity contribution in [1.29, 1.82) is 0 Å². The minimum absolute atomic E-state index is 0.0701. The van der Waals surface area contributed by atoms with Gasteiger partial charge >= 0.3 is 0 Å². The smallest absolute Gasteiger partial charge is 0.261 e. The molecule has 3 atom stereocenters. The molecule has 0 saturated heterocycles. The Hall–Kier alpha value is -1.83. The van der Waals surface area contributed by atoms with E-state index >= 15 is 0 Å². The van der Waals surface area contributed by atoms with Crippen molar-refractivity contribution in [2.45, 2.75) is 74.9 Å². The van der Waals surface area contributed by atoms with Crippen LogP contribution in [0.1, 0.15) is 56.6 Å². The van der Waals surface area contributed by atoms with Crippen molar-refractivity contribution < 1.29 is 24.6 Å². The monoisotopic (exact) mass is 432 g/mol. The molecule has 0 aromatic heterocycles. The number of amides is 1. The summed E-state index contributed by atoms with van der Waals surface area (Å²) < 4.78 is 5.85. The molecule has 4 aliphatic carbocycles. The Kier molecular flexibility index (Phi) is 4.00. The second-order valence-electron chi connectivity index (χ2n) is 9.89. The van der Waals surface area contributed by atoms with Crippen LogP contribution in [0.4, 0.5) is 0 Å². The molecule has 4 fully saturated rings. The second-order valence-corrected chi connectivity index (χ2v) is 10.3. The summed E-state index contributed by atoms with van der Waals surface area (Å²) in [6.45, 7) is 0. The number of nitrogens with one attached hydrogen (secondary N) is 1. The zero-order valence-electron chi connectivity index (χ0n) is 16.5. The summed E-state index contributed by atoms with van der Waals surface area (Å²) in [7, 11) is 0. The number of hydrogen-bond acceptors (Lipinski definition) is 6. The number of rotatable bonds is 4. The highest BCUT2D eigenvalue weighted by Crippen LogP contribution is 2.69. The van der Waals surface area contributed by atoms with Gasteiger partial charge in [0.2, 0.25) is 0 Å². The molecule has 160 valence electrons. The van der Waals surface area contributed by atoms with Gasteiger partial charge in [-0.3, -0.25) is 4.79 Å². The molecule has 7 nitrogen and oxygen atoms in total. The van der Waals surface area contributed by atoms with E-state index in [1.807, 2.05) is 0 Å². The molecular weight excluding hydrogens is 408 g/mol. The van der Waals surface area contributed by atoms with Crippen molar-refractivity contribution in [3.05, 3.63) is 28.8 Å².